The van der Waals surface area contributed by atoms with Crippen LogP contribution in [0.5, 0.6) is 0 Å². The summed E-state index contributed by atoms with van der Waals surface area (Å²) in [5, 5.41) is 12.6. The lowest BCUT2D eigenvalue weighted by atomic mass is 9.95. The van der Waals surface area contributed by atoms with E-state index in [1.807, 2.05) is 62.7 Å². The molecule has 1 heterocycles. The number of hydrogen-bond acceptors (Lipinski definition) is 5. The molecule has 1 amide bonds. The molecule has 0 fully saturated rings. The van der Waals surface area contributed by atoms with Crippen molar-refractivity contribution < 1.29 is 9.53 Å². The summed E-state index contributed by atoms with van der Waals surface area (Å²) in [6, 6.07) is 9.60. The summed E-state index contributed by atoms with van der Waals surface area (Å²) in [5.74, 6) is 0.645. The summed E-state index contributed by atoms with van der Waals surface area (Å²) in [7, 11) is 1.93. The first-order valence-electron chi connectivity index (χ1n) is 9.48. The first kappa shape index (κ1) is 22.4. The molecule has 2 rings (SSSR count). The van der Waals surface area contributed by atoms with Gasteiger partial charge in [-0.1, -0.05) is 83.6 Å². The van der Waals surface area contributed by atoms with Crippen molar-refractivity contribution in [2.75, 3.05) is 6.61 Å². The third kappa shape index (κ3) is 6.63. The largest absolute Gasteiger partial charge is 0.374 e. The molecule has 1 unspecified atom stereocenters. The molecule has 6 nitrogen and oxygen atoms in total. The Kier molecular flexibility index (Phi) is 7.28. The molecule has 0 aliphatic heterocycles. The van der Waals surface area contributed by atoms with Gasteiger partial charge in [-0.15, -0.1) is 10.2 Å². The SMILES string of the molecule is Cn1c(SC(C)(C)C)nnc1C(COCc1ccccc1)NC(=O)C(C)(C)C. The van der Waals surface area contributed by atoms with E-state index < -0.39 is 5.41 Å². The van der Waals surface area contributed by atoms with Crippen LogP contribution in [0.3, 0.4) is 0 Å². The summed E-state index contributed by atoms with van der Waals surface area (Å²) in [5.41, 5.74) is 0.588. The predicted octanol–water partition coefficient (Wildman–Crippen LogP) is 4.13. The number of hydrogen-bond donors (Lipinski definition) is 1. The minimum atomic E-state index is -0.501. The zero-order valence-electron chi connectivity index (χ0n) is 17.9. The standard InChI is InChI=1S/C21H32N4O2S/c1-20(2,3)18(26)22-16(14-27-13-15-11-9-8-10-12-15)17-23-24-19(25(17)7)28-21(4,5)6/h8-12,16H,13-14H2,1-7H3,(H,22,26). The molecule has 7 heteroatoms. The smallest absolute Gasteiger partial charge is 0.226 e. The van der Waals surface area contributed by atoms with E-state index in [4.69, 9.17) is 4.74 Å². The fraction of sp³-hybridized carbons (Fsp3) is 0.571. The Morgan fingerprint density at radius 3 is 2.36 bits per heavy atom. The van der Waals surface area contributed by atoms with E-state index in [0.29, 0.717) is 19.0 Å². The van der Waals surface area contributed by atoms with Crippen LogP contribution in [-0.4, -0.2) is 32.0 Å². The second-order valence-electron chi connectivity index (χ2n) is 8.89. The van der Waals surface area contributed by atoms with Crippen LogP contribution in [0, 0.1) is 5.41 Å². The van der Waals surface area contributed by atoms with E-state index >= 15 is 0 Å². The van der Waals surface area contributed by atoms with Crippen LogP contribution in [-0.2, 0) is 23.2 Å². The number of carbonyl (C=O) groups excluding carboxylic acids is 1. The van der Waals surface area contributed by atoms with Gasteiger partial charge in [-0.05, 0) is 5.56 Å². The second-order valence-corrected chi connectivity index (χ2v) is 10.7. The molecule has 0 radical (unpaired) electrons. The molecule has 1 aromatic heterocycles. The average Bonchev–Trinajstić information content (AvgIpc) is 2.93. The maximum Gasteiger partial charge on any atom is 0.226 e. The zero-order chi connectivity index (χ0) is 20.9. The Balaban J connectivity index is 2.17. The summed E-state index contributed by atoms with van der Waals surface area (Å²) < 4.78 is 7.87. The van der Waals surface area contributed by atoms with Crippen molar-refractivity contribution in [3.05, 3.63) is 41.7 Å². The number of ether oxygens (including phenoxy) is 1. The number of amides is 1. The van der Waals surface area contributed by atoms with Crippen LogP contribution in [0.1, 0.15) is 59.0 Å². The fourth-order valence-electron chi connectivity index (χ4n) is 2.42. The molecule has 0 aliphatic rings. The Labute approximate surface area is 172 Å². The predicted molar refractivity (Wildman–Crippen MR) is 113 cm³/mol. The van der Waals surface area contributed by atoms with Gasteiger partial charge >= 0.3 is 0 Å². The number of rotatable bonds is 7. The number of benzene rings is 1. The molecule has 28 heavy (non-hydrogen) atoms. The van der Waals surface area contributed by atoms with Gasteiger partial charge in [0, 0.05) is 17.2 Å². The van der Waals surface area contributed by atoms with Gasteiger partial charge in [0.15, 0.2) is 11.0 Å². The topological polar surface area (TPSA) is 69.0 Å². The normalized spacial score (nSPS) is 13.4. The van der Waals surface area contributed by atoms with Crippen LogP contribution in [0.25, 0.3) is 0 Å². The third-order valence-corrected chi connectivity index (χ3v) is 5.11. The first-order valence-corrected chi connectivity index (χ1v) is 10.3. The molecule has 0 saturated carbocycles. The Morgan fingerprint density at radius 2 is 1.79 bits per heavy atom. The molecule has 2 aromatic rings. The van der Waals surface area contributed by atoms with Gasteiger partial charge in [0.25, 0.3) is 0 Å². The van der Waals surface area contributed by atoms with Crippen LogP contribution < -0.4 is 5.32 Å². The molecular weight excluding hydrogens is 372 g/mol. The van der Waals surface area contributed by atoms with Crippen LogP contribution in [0.2, 0.25) is 0 Å². The first-order chi connectivity index (χ1) is 13.0. The summed E-state index contributed by atoms with van der Waals surface area (Å²) in [6.07, 6.45) is 0. The zero-order valence-corrected chi connectivity index (χ0v) is 18.8. The molecule has 0 aliphatic carbocycles. The molecule has 1 atom stereocenters. The van der Waals surface area contributed by atoms with Gasteiger partial charge in [-0.25, -0.2) is 0 Å². The van der Waals surface area contributed by atoms with Crippen molar-refractivity contribution >= 4 is 17.7 Å². The number of nitrogens with one attached hydrogen (secondary N) is 1. The highest BCUT2D eigenvalue weighted by molar-refractivity contribution is 8.00. The summed E-state index contributed by atoms with van der Waals surface area (Å²) >= 11 is 1.65. The Morgan fingerprint density at radius 1 is 1.14 bits per heavy atom. The lowest BCUT2D eigenvalue weighted by Gasteiger charge is -2.24. The van der Waals surface area contributed by atoms with Gasteiger partial charge in [0.05, 0.1) is 13.2 Å². The molecule has 0 spiro atoms. The van der Waals surface area contributed by atoms with Gasteiger partial charge in [-0.3, -0.25) is 4.79 Å². The average molecular weight is 405 g/mol. The summed E-state index contributed by atoms with van der Waals surface area (Å²) in [6.45, 7) is 12.9. The van der Waals surface area contributed by atoms with Gasteiger partial charge in [0.2, 0.25) is 5.91 Å². The maximum absolute atomic E-state index is 12.6. The molecule has 154 valence electrons. The molecule has 1 N–H and O–H groups in total. The van der Waals surface area contributed by atoms with Crippen LogP contribution in [0.15, 0.2) is 35.5 Å². The minimum absolute atomic E-state index is 0.0199. The molecule has 0 bridgehead atoms. The van der Waals surface area contributed by atoms with Crippen molar-refractivity contribution in [3.8, 4) is 0 Å². The molecule has 0 saturated heterocycles. The quantitative estimate of drug-likeness (QED) is 0.703. The van der Waals surface area contributed by atoms with Crippen LogP contribution >= 0.6 is 11.8 Å². The second kappa shape index (κ2) is 9.09. The molecular formula is C21H32N4O2S. The maximum atomic E-state index is 12.6. The van der Waals surface area contributed by atoms with Crippen LogP contribution in [0.4, 0.5) is 0 Å². The van der Waals surface area contributed by atoms with Crippen molar-refractivity contribution in [2.24, 2.45) is 12.5 Å². The van der Waals surface area contributed by atoms with E-state index in [9.17, 15) is 4.79 Å². The number of aromatic nitrogens is 3. The number of carbonyl (C=O) groups is 1. The lowest BCUT2D eigenvalue weighted by molar-refractivity contribution is -0.129. The van der Waals surface area contributed by atoms with Crippen molar-refractivity contribution in [1.29, 1.82) is 0 Å². The monoisotopic (exact) mass is 404 g/mol. The van der Waals surface area contributed by atoms with Gasteiger partial charge in [-0.2, -0.15) is 0 Å². The van der Waals surface area contributed by atoms with E-state index in [0.717, 1.165) is 10.7 Å². The van der Waals surface area contributed by atoms with Gasteiger partial charge < -0.3 is 14.6 Å². The van der Waals surface area contributed by atoms with Gasteiger partial charge in [0.1, 0.15) is 6.04 Å². The van der Waals surface area contributed by atoms with Crippen molar-refractivity contribution in [2.45, 2.75) is 64.1 Å². The highest BCUT2D eigenvalue weighted by Gasteiger charge is 2.28. The number of thioether (sulfide) groups is 1. The Hall–Kier alpha value is -1.86. The Bertz CT molecular complexity index is 776. The minimum Gasteiger partial charge on any atom is -0.374 e. The van der Waals surface area contributed by atoms with E-state index in [1.54, 1.807) is 11.8 Å². The highest BCUT2D eigenvalue weighted by atomic mass is 32.2. The fourth-order valence-corrected chi connectivity index (χ4v) is 3.28. The van der Waals surface area contributed by atoms with Crippen molar-refractivity contribution in [1.82, 2.24) is 20.1 Å². The highest BCUT2D eigenvalue weighted by Crippen LogP contribution is 2.31. The number of nitrogens with zero attached hydrogens (tertiary/aromatic N) is 3. The van der Waals surface area contributed by atoms with E-state index in [2.05, 4.69) is 36.3 Å². The van der Waals surface area contributed by atoms with Crippen molar-refractivity contribution in [3.63, 3.8) is 0 Å². The van der Waals surface area contributed by atoms with E-state index in [-0.39, 0.29) is 16.7 Å². The third-order valence-electron chi connectivity index (χ3n) is 3.96. The lowest BCUT2D eigenvalue weighted by Crippen LogP contribution is -2.40. The van der Waals surface area contributed by atoms with E-state index in [1.165, 1.54) is 0 Å². The molecule has 1 aromatic carbocycles. The summed E-state index contributed by atoms with van der Waals surface area (Å²) in [4.78, 5) is 12.6.